The molecule has 1 aliphatic heterocycles. The van der Waals surface area contributed by atoms with E-state index in [1.165, 1.54) is 4.90 Å². The summed E-state index contributed by atoms with van der Waals surface area (Å²) in [5.41, 5.74) is 5.68. The predicted octanol–water partition coefficient (Wildman–Crippen LogP) is 5.14. The molecule has 1 aliphatic rings. The van der Waals surface area contributed by atoms with Gasteiger partial charge in [0, 0.05) is 27.6 Å². The van der Waals surface area contributed by atoms with Crippen molar-refractivity contribution in [2.75, 3.05) is 23.4 Å². The molecule has 0 bridgehead atoms. The zero-order valence-corrected chi connectivity index (χ0v) is 14.1. The lowest BCUT2D eigenvalue weighted by molar-refractivity contribution is 0.651. The molecule has 124 valence electrons. The molecule has 4 nitrogen and oxygen atoms in total. The van der Waals surface area contributed by atoms with Gasteiger partial charge in [-0.2, -0.15) is 0 Å². The van der Waals surface area contributed by atoms with E-state index in [0.29, 0.717) is 11.4 Å². The quantitative estimate of drug-likeness (QED) is 0.483. The number of rotatable bonds is 1. The smallest absolute Gasteiger partial charge is 0.227 e. The van der Waals surface area contributed by atoms with Crippen molar-refractivity contribution in [1.82, 2.24) is 4.98 Å². The number of fused-ring (bicyclic) bond motifs is 4. The van der Waals surface area contributed by atoms with E-state index in [9.17, 15) is 0 Å². The van der Waals surface area contributed by atoms with E-state index in [2.05, 4.69) is 4.98 Å². The zero-order valence-electron chi connectivity index (χ0n) is 17.1. The summed E-state index contributed by atoms with van der Waals surface area (Å²) in [6.45, 7) is 1.96. The Morgan fingerprint density at radius 2 is 1.80 bits per heavy atom. The van der Waals surface area contributed by atoms with Crippen molar-refractivity contribution in [3.63, 3.8) is 0 Å². The molecule has 0 aliphatic carbocycles. The first kappa shape index (κ1) is 11.5. The number of anilines is 3. The van der Waals surface area contributed by atoms with E-state index in [-0.39, 0.29) is 6.67 Å². The van der Waals surface area contributed by atoms with Crippen LogP contribution in [0.1, 0.15) is 15.4 Å². The second kappa shape index (κ2) is 4.99. The third-order valence-electron chi connectivity index (χ3n) is 4.84. The van der Waals surface area contributed by atoms with Gasteiger partial charge in [-0.25, -0.2) is 4.98 Å². The highest BCUT2D eigenvalue weighted by molar-refractivity contribution is 6.09. The number of hydrogen-bond acceptors (Lipinski definition) is 4. The van der Waals surface area contributed by atoms with E-state index < -0.39 is 6.98 Å². The molecule has 4 heteroatoms. The van der Waals surface area contributed by atoms with Crippen LogP contribution in [0.4, 0.5) is 17.1 Å². The number of benzene rings is 2. The highest BCUT2D eigenvalue weighted by atomic mass is 16.3. The van der Waals surface area contributed by atoms with Crippen molar-refractivity contribution in [3.05, 3.63) is 59.8 Å². The second-order valence-electron chi connectivity index (χ2n) is 6.50. The fraction of sp³-hybridized carbons (Fsp3) is 0.190. The number of furan rings is 1. The Morgan fingerprint density at radius 3 is 2.64 bits per heavy atom. The van der Waals surface area contributed by atoms with Crippen molar-refractivity contribution in [2.45, 2.75) is 13.8 Å². The van der Waals surface area contributed by atoms with Crippen LogP contribution in [-0.2, 0) is 0 Å². The van der Waals surface area contributed by atoms with E-state index in [1.54, 1.807) is 0 Å². The summed E-state index contributed by atoms with van der Waals surface area (Å²) in [7, 11) is 0. The van der Waals surface area contributed by atoms with Crippen LogP contribution in [0.15, 0.2) is 52.9 Å². The van der Waals surface area contributed by atoms with Crippen LogP contribution < -0.4 is 9.80 Å². The molecular weight excluding hydrogens is 310 g/mol. The lowest BCUT2D eigenvalue weighted by Crippen LogP contribution is -2.24. The topological polar surface area (TPSA) is 32.5 Å². The van der Waals surface area contributed by atoms with Gasteiger partial charge in [0.05, 0.1) is 23.7 Å². The molecular formula is C21H19N3O. The summed E-state index contributed by atoms with van der Waals surface area (Å²) < 4.78 is 30.0. The van der Waals surface area contributed by atoms with E-state index >= 15 is 0 Å². The van der Waals surface area contributed by atoms with Gasteiger partial charge in [0.25, 0.3) is 0 Å². The Labute approximate surface area is 150 Å². The maximum absolute atomic E-state index is 7.94. The monoisotopic (exact) mass is 332 g/mol. The first-order chi connectivity index (χ1) is 13.3. The minimum atomic E-state index is -2.22. The van der Waals surface area contributed by atoms with Gasteiger partial charge in [0.15, 0.2) is 5.58 Å². The average molecular weight is 332 g/mol. The van der Waals surface area contributed by atoms with Gasteiger partial charge in [-0.05, 0) is 43.7 Å². The molecule has 4 aromatic rings. The van der Waals surface area contributed by atoms with Gasteiger partial charge in [0.1, 0.15) is 0 Å². The number of hydrogen-bond donors (Lipinski definition) is 0. The Balaban J connectivity index is 1.78. The molecule has 5 rings (SSSR count). The zero-order chi connectivity index (χ0) is 19.6. The van der Waals surface area contributed by atoms with Crippen LogP contribution in [0.2, 0.25) is 0 Å². The number of para-hydroxylation sites is 2. The number of nitrogens with zero attached hydrogens (tertiary/aromatic N) is 3. The molecule has 2 aromatic heterocycles. The van der Waals surface area contributed by atoms with E-state index in [4.69, 9.17) is 8.53 Å². The van der Waals surface area contributed by atoms with Gasteiger partial charge in [-0.15, -0.1) is 0 Å². The first-order valence-corrected chi connectivity index (χ1v) is 8.28. The number of pyridine rings is 1. The van der Waals surface area contributed by atoms with E-state index in [0.717, 1.165) is 39.0 Å². The Morgan fingerprint density at radius 1 is 1.00 bits per heavy atom. The highest BCUT2D eigenvalue weighted by Gasteiger charge is 2.28. The molecule has 0 radical (unpaired) electrons. The molecule has 0 spiro atoms. The molecule has 0 atom stereocenters. The summed E-state index contributed by atoms with van der Waals surface area (Å²) in [5, 5.41) is 1.94. The molecule has 3 heterocycles. The third-order valence-corrected chi connectivity index (χ3v) is 4.84. The summed E-state index contributed by atoms with van der Waals surface area (Å²) in [6, 6.07) is 15.7. The third kappa shape index (κ3) is 1.97. The summed E-state index contributed by atoms with van der Waals surface area (Å²) in [4.78, 5) is 8.00. The standard InChI is InChI=1S/C21H19N3O/c1-13-8-10-15-16-11-9-14(2)22-21(16)25-20(15)19(13)24-12-23(3)17-6-4-5-7-18(17)24/h4-11H,12H2,1-3H3/i3D3. The van der Waals surface area contributed by atoms with Crippen molar-refractivity contribution in [3.8, 4) is 0 Å². The molecule has 0 unspecified atom stereocenters. The molecule has 0 saturated heterocycles. The maximum atomic E-state index is 7.94. The lowest BCUT2D eigenvalue weighted by Gasteiger charge is -2.21. The van der Waals surface area contributed by atoms with Crippen LogP contribution in [0, 0.1) is 13.8 Å². The normalized spacial score (nSPS) is 16.2. The summed E-state index contributed by atoms with van der Waals surface area (Å²) in [5.74, 6) is 0. The van der Waals surface area contributed by atoms with Crippen molar-refractivity contribution < 1.29 is 8.53 Å². The molecule has 0 fully saturated rings. The molecule has 0 saturated carbocycles. The highest BCUT2D eigenvalue weighted by Crippen LogP contribution is 2.45. The fourth-order valence-electron chi connectivity index (χ4n) is 3.64. The minimum Gasteiger partial charge on any atom is -0.435 e. The molecule has 0 amide bonds. The number of aromatic nitrogens is 1. The molecule has 2 aromatic carbocycles. The largest absolute Gasteiger partial charge is 0.435 e. The van der Waals surface area contributed by atoms with E-state index in [1.807, 2.05) is 67.3 Å². The lowest BCUT2D eigenvalue weighted by atomic mass is 10.1. The van der Waals surface area contributed by atoms with Gasteiger partial charge < -0.3 is 14.2 Å². The number of aryl methyl sites for hydroxylation is 2. The van der Waals surface area contributed by atoms with Gasteiger partial charge >= 0.3 is 0 Å². The van der Waals surface area contributed by atoms with Crippen molar-refractivity contribution in [2.24, 2.45) is 0 Å². The fourth-order valence-corrected chi connectivity index (χ4v) is 3.64. The second-order valence-corrected chi connectivity index (χ2v) is 6.50. The van der Waals surface area contributed by atoms with Gasteiger partial charge in [0.2, 0.25) is 5.71 Å². The summed E-state index contributed by atoms with van der Waals surface area (Å²) >= 11 is 0. The van der Waals surface area contributed by atoms with Crippen LogP contribution in [0.5, 0.6) is 0 Å². The van der Waals surface area contributed by atoms with Crippen LogP contribution in [-0.4, -0.2) is 18.6 Å². The van der Waals surface area contributed by atoms with Crippen LogP contribution in [0.25, 0.3) is 22.1 Å². The Bertz CT molecular complexity index is 1230. The summed E-state index contributed by atoms with van der Waals surface area (Å²) in [6.07, 6.45) is 0. The average Bonchev–Trinajstić information content (AvgIpc) is 3.19. The predicted molar refractivity (Wildman–Crippen MR) is 103 cm³/mol. The Kier molecular flexibility index (Phi) is 2.30. The maximum Gasteiger partial charge on any atom is 0.227 e. The van der Waals surface area contributed by atoms with Gasteiger partial charge in [-0.1, -0.05) is 24.3 Å². The van der Waals surface area contributed by atoms with Crippen molar-refractivity contribution >= 4 is 39.1 Å². The Hall–Kier alpha value is -3.01. The van der Waals surface area contributed by atoms with Crippen LogP contribution in [0.3, 0.4) is 0 Å². The molecule has 0 N–H and O–H groups in total. The van der Waals surface area contributed by atoms with Crippen LogP contribution >= 0.6 is 0 Å². The first-order valence-electron chi connectivity index (χ1n) is 9.78. The van der Waals surface area contributed by atoms with Gasteiger partial charge in [-0.3, -0.25) is 0 Å². The molecule has 25 heavy (non-hydrogen) atoms. The SMILES string of the molecule is [2H]C([2H])([2H])N1CN(c2c(C)ccc3c2oc2nc(C)ccc23)c2ccccc21. The van der Waals surface area contributed by atoms with Crippen molar-refractivity contribution in [1.29, 1.82) is 0 Å². The minimum absolute atomic E-state index is 0.235.